The first kappa shape index (κ1) is 13.9. The van der Waals surface area contributed by atoms with Gasteiger partial charge in [0.05, 0.1) is 6.54 Å². The molecule has 0 amide bonds. The van der Waals surface area contributed by atoms with Crippen molar-refractivity contribution in [2.75, 3.05) is 0 Å². The van der Waals surface area contributed by atoms with E-state index in [9.17, 15) is 0 Å². The van der Waals surface area contributed by atoms with Gasteiger partial charge in [0.2, 0.25) is 0 Å². The van der Waals surface area contributed by atoms with Crippen LogP contribution in [-0.2, 0) is 13.1 Å². The second-order valence-electron chi connectivity index (χ2n) is 6.31. The molecule has 0 bridgehead atoms. The van der Waals surface area contributed by atoms with E-state index >= 15 is 0 Å². The molecule has 0 fully saturated rings. The Kier molecular flexibility index (Phi) is 3.55. The fourth-order valence-electron chi connectivity index (χ4n) is 2.37. The highest BCUT2D eigenvalue weighted by atomic mass is 16.3. The molecule has 110 valence electrons. The molecule has 2 heterocycles. The fraction of sp³-hybridized carbons (Fsp3) is 0.353. The maximum atomic E-state index is 6.04. The van der Waals surface area contributed by atoms with Gasteiger partial charge >= 0.3 is 0 Å². The van der Waals surface area contributed by atoms with Gasteiger partial charge in [-0.2, -0.15) is 5.10 Å². The van der Waals surface area contributed by atoms with Crippen molar-refractivity contribution in [3.8, 4) is 0 Å². The van der Waals surface area contributed by atoms with Crippen LogP contribution >= 0.6 is 0 Å². The standard InChI is InChI=1S/C17H21N3O/c1-17(2,3)18-11-14-13-7-4-5-8-15(13)21-16(14)12-20-10-6-9-19-20/h4-10,18H,11-12H2,1-3H3. The van der Waals surface area contributed by atoms with Gasteiger partial charge < -0.3 is 9.73 Å². The molecule has 1 aromatic carbocycles. The summed E-state index contributed by atoms with van der Waals surface area (Å²) < 4.78 is 7.92. The van der Waals surface area contributed by atoms with Crippen molar-refractivity contribution < 1.29 is 4.42 Å². The molecular weight excluding hydrogens is 262 g/mol. The molecule has 0 saturated carbocycles. The van der Waals surface area contributed by atoms with Crippen molar-refractivity contribution in [1.82, 2.24) is 15.1 Å². The Morgan fingerprint density at radius 1 is 1.19 bits per heavy atom. The van der Waals surface area contributed by atoms with Crippen molar-refractivity contribution in [2.45, 2.75) is 39.4 Å². The normalized spacial score (nSPS) is 12.1. The minimum absolute atomic E-state index is 0.0708. The third kappa shape index (κ3) is 3.16. The van der Waals surface area contributed by atoms with Gasteiger partial charge in [-0.05, 0) is 32.9 Å². The minimum Gasteiger partial charge on any atom is -0.459 e. The lowest BCUT2D eigenvalue weighted by molar-refractivity contribution is 0.418. The molecule has 4 nitrogen and oxygen atoms in total. The van der Waals surface area contributed by atoms with Crippen LogP contribution in [0, 0.1) is 0 Å². The van der Waals surface area contributed by atoms with Gasteiger partial charge in [0.25, 0.3) is 0 Å². The van der Waals surface area contributed by atoms with Crippen LogP contribution in [0.15, 0.2) is 47.1 Å². The molecule has 3 rings (SSSR count). The summed E-state index contributed by atoms with van der Waals surface area (Å²) in [6.45, 7) is 7.95. The lowest BCUT2D eigenvalue weighted by Gasteiger charge is -2.20. The van der Waals surface area contributed by atoms with Gasteiger partial charge in [-0.3, -0.25) is 4.68 Å². The van der Waals surface area contributed by atoms with Crippen LogP contribution in [-0.4, -0.2) is 15.3 Å². The molecular formula is C17H21N3O. The Morgan fingerprint density at radius 3 is 2.71 bits per heavy atom. The third-order valence-corrected chi connectivity index (χ3v) is 3.44. The summed E-state index contributed by atoms with van der Waals surface area (Å²) in [5, 5.41) is 8.99. The molecule has 0 aliphatic rings. The first-order chi connectivity index (χ1) is 10.0. The van der Waals surface area contributed by atoms with Gasteiger partial charge in [0, 0.05) is 35.4 Å². The number of aromatic nitrogens is 2. The minimum atomic E-state index is 0.0708. The number of para-hydroxylation sites is 1. The summed E-state index contributed by atoms with van der Waals surface area (Å²) in [5.41, 5.74) is 2.22. The van der Waals surface area contributed by atoms with Crippen LogP contribution in [0.3, 0.4) is 0 Å². The molecule has 0 spiro atoms. The molecule has 0 atom stereocenters. The summed E-state index contributed by atoms with van der Waals surface area (Å²) in [6.07, 6.45) is 3.74. The Hall–Kier alpha value is -2.07. The van der Waals surface area contributed by atoms with E-state index in [0.29, 0.717) is 6.54 Å². The van der Waals surface area contributed by atoms with Crippen LogP contribution < -0.4 is 5.32 Å². The van der Waals surface area contributed by atoms with E-state index in [0.717, 1.165) is 17.9 Å². The van der Waals surface area contributed by atoms with Crippen molar-refractivity contribution in [2.24, 2.45) is 0 Å². The number of benzene rings is 1. The summed E-state index contributed by atoms with van der Waals surface area (Å²) in [4.78, 5) is 0. The summed E-state index contributed by atoms with van der Waals surface area (Å²) in [6, 6.07) is 10.1. The summed E-state index contributed by atoms with van der Waals surface area (Å²) in [7, 11) is 0. The maximum Gasteiger partial charge on any atom is 0.134 e. The van der Waals surface area contributed by atoms with Crippen molar-refractivity contribution in [1.29, 1.82) is 0 Å². The molecule has 0 saturated heterocycles. The zero-order chi connectivity index (χ0) is 14.9. The monoisotopic (exact) mass is 283 g/mol. The Bertz CT molecular complexity index is 720. The quantitative estimate of drug-likeness (QED) is 0.796. The van der Waals surface area contributed by atoms with Crippen LogP contribution in [0.2, 0.25) is 0 Å². The highest BCUT2D eigenvalue weighted by Gasteiger charge is 2.17. The number of rotatable bonds is 4. The zero-order valence-corrected chi connectivity index (χ0v) is 12.8. The predicted molar refractivity (Wildman–Crippen MR) is 84.1 cm³/mol. The lowest BCUT2D eigenvalue weighted by Crippen LogP contribution is -2.35. The summed E-state index contributed by atoms with van der Waals surface area (Å²) in [5.74, 6) is 0.969. The number of fused-ring (bicyclic) bond motifs is 1. The fourth-order valence-corrected chi connectivity index (χ4v) is 2.37. The van der Waals surface area contributed by atoms with Gasteiger partial charge in [-0.25, -0.2) is 0 Å². The average molecular weight is 283 g/mol. The third-order valence-electron chi connectivity index (χ3n) is 3.44. The number of hydrogen-bond donors (Lipinski definition) is 1. The molecule has 1 N–H and O–H groups in total. The Balaban J connectivity index is 1.97. The van der Waals surface area contributed by atoms with Gasteiger partial charge in [-0.15, -0.1) is 0 Å². The molecule has 0 unspecified atom stereocenters. The highest BCUT2D eigenvalue weighted by Crippen LogP contribution is 2.26. The first-order valence-corrected chi connectivity index (χ1v) is 7.25. The smallest absolute Gasteiger partial charge is 0.134 e. The second-order valence-corrected chi connectivity index (χ2v) is 6.31. The van der Waals surface area contributed by atoms with E-state index < -0.39 is 0 Å². The predicted octanol–water partition coefficient (Wildman–Crippen LogP) is 3.57. The van der Waals surface area contributed by atoms with Crippen LogP contribution in [0.4, 0.5) is 0 Å². The topological polar surface area (TPSA) is 43.0 Å². The van der Waals surface area contributed by atoms with Gasteiger partial charge in [0.15, 0.2) is 0 Å². The van der Waals surface area contributed by atoms with E-state index in [2.05, 4.69) is 43.3 Å². The number of nitrogens with zero attached hydrogens (tertiary/aromatic N) is 2. The molecule has 4 heteroatoms. The van der Waals surface area contributed by atoms with Gasteiger partial charge in [0.1, 0.15) is 11.3 Å². The van der Waals surface area contributed by atoms with E-state index in [-0.39, 0.29) is 5.54 Å². The molecule has 0 radical (unpaired) electrons. The van der Waals surface area contributed by atoms with Crippen LogP contribution in [0.25, 0.3) is 11.0 Å². The largest absolute Gasteiger partial charge is 0.459 e. The van der Waals surface area contributed by atoms with Crippen molar-refractivity contribution in [3.63, 3.8) is 0 Å². The molecule has 2 aromatic heterocycles. The lowest BCUT2D eigenvalue weighted by atomic mass is 10.1. The highest BCUT2D eigenvalue weighted by molar-refractivity contribution is 5.82. The SMILES string of the molecule is CC(C)(C)NCc1c(Cn2cccn2)oc2ccccc12. The Labute approximate surface area is 124 Å². The van der Waals surface area contributed by atoms with E-state index in [1.165, 1.54) is 10.9 Å². The van der Waals surface area contributed by atoms with Crippen molar-refractivity contribution >= 4 is 11.0 Å². The molecule has 21 heavy (non-hydrogen) atoms. The molecule has 0 aliphatic heterocycles. The van der Waals surface area contributed by atoms with Crippen LogP contribution in [0.5, 0.6) is 0 Å². The van der Waals surface area contributed by atoms with Crippen LogP contribution in [0.1, 0.15) is 32.1 Å². The van der Waals surface area contributed by atoms with E-state index in [1.807, 2.05) is 29.1 Å². The van der Waals surface area contributed by atoms with E-state index in [4.69, 9.17) is 4.42 Å². The first-order valence-electron chi connectivity index (χ1n) is 7.25. The number of furan rings is 1. The average Bonchev–Trinajstić information content (AvgIpc) is 3.03. The maximum absolute atomic E-state index is 6.04. The number of nitrogens with one attached hydrogen (secondary N) is 1. The van der Waals surface area contributed by atoms with E-state index in [1.54, 1.807) is 6.20 Å². The molecule has 3 aromatic rings. The zero-order valence-electron chi connectivity index (χ0n) is 12.8. The Morgan fingerprint density at radius 2 is 2.00 bits per heavy atom. The van der Waals surface area contributed by atoms with Crippen molar-refractivity contribution in [3.05, 3.63) is 54.0 Å². The molecule has 0 aliphatic carbocycles. The second kappa shape index (κ2) is 5.37. The summed E-state index contributed by atoms with van der Waals surface area (Å²) >= 11 is 0. The van der Waals surface area contributed by atoms with Gasteiger partial charge in [-0.1, -0.05) is 18.2 Å². The number of hydrogen-bond acceptors (Lipinski definition) is 3.